The fourth-order valence-corrected chi connectivity index (χ4v) is 3.28. The molecule has 0 radical (unpaired) electrons. The van der Waals surface area contributed by atoms with E-state index in [1.807, 2.05) is 49.4 Å². The van der Waals surface area contributed by atoms with Gasteiger partial charge >= 0.3 is 0 Å². The SMILES string of the molecule is COc1ccc(OC)c(C2=NO[C@H](C(=O)Nc3cc(C)nn3-c3ccccc3)C2)c1. The summed E-state index contributed by atoms with van der Waals surface area (Å²) < 4.78 is 12.4. The zero-order chi connectivity index (χ0) is 21.1. The van der Waals surface area contributed by atoms with E-state index in [-0.39, 0.29) is 5.91 Å². The summed E-state index contributed by atoms with van der Waals surface area (Å²) in [5.41, 5.74) is 3.00. The lowest BCUT2D eigenvalue weighted by molar-refractivity contribution is -0.125. The number of nitrogens with one attached hydrogen (secondary N) is 1. The van der Waals surface area contributed by atoms with Crippen LogP contribution in [-0.2, 0) is 9.63 Å². The second-order valence-electron chi connectivity index (χ2n) is 6.81. The summed E-state index contributed by atoms with van der Waals surface area (Å²) in [4.78, 5) is 18.3. The number of aromatic nitrogens is 2. The first-order valence-electron chi connectivity index (χ1n) is 9.47. The van der Waals surface area contributed by atoms with Crippen molar-refractivity contribution in [2.24, 2.45) is 5.16 Å². The number of hydrogen-bond donors (Lipinski definition) is 1. The summed E-state index contributed by atoms with van der Waals surface area (Å²) in [5, 5.41) is 11.5. The number of hydrogen-bond acceptors (Lipinski definition) is 6. The van der Waals surface area contributed by atoms with Crippen molar-refractivity contribution in [3.63, 3.8) is 0 Å². The van der Waals surface area contributed by atoms with Crippen LogP contribution in [0.25, 0.3) is 5.69 Å². The second-order valence-corrected chi connectivity index (χ2v) is 6.81. The van der Waals surface area contributed by atoms with Gasteiger partial charge in [-0.05, 0) is 37.3 Å². The Balaban J connectivity index is 1.50. The zero-order valence-corrected chi connectivity index (χ0v) is 17.0. The Kier molecular flexibility index (Phi) is 5.38. The van der Waals surface area contributed by atoms with Gasteiger partial charge in [-0.3, -0.25) is 4.79 Å². The molecule has 0 spiro atoms. The normalized spacial score (nSPS) is 15.3. The molecule has 2 aromatic carbocycles. The van der Waals surface area contributed by atoms with Gasteiger partial charge in [0, 0.05) is 18.1 Å². The first kappa shape index (κ1) is 19.5. The lowest BCUT2D eigenvalue weighted by Gasteiger charge is -2.12. The molecule has 0 aliphatic carbocycles. The van der Waals surface area contributed by atoms with Crippen LogP contribution < -0.4 is 14.8 Å². The van der Waals surface area contributed by atoms with E-state index in [0.717, 1.165) is 16.9 Å². The number of para-hydroxylation sites is 1. The van der Waals surface area contributed by atoms with Crippen molar-refractivity contribution in [1.29, 1.82) is 0 Å². The van der Waals surface area contributed by atoms with Crippen LogP contribution in [-0.4, -0.2) is 41.7 Å². The lowest BCUT2D eigenvalue weighted by atomic mass is 10.0. The van der Waals surface area contributed by atoms with E-state index in [2.05, 4.69) is 15.6 Å². The summed E-state index contributed by atoms with van der Waals surface area (Å²) in [6, 6.07) is 16.8. The van der Waals surface area contributed by atoms with E-state index in [1.54, 1.807) is 31.0 Å². The largest absolute Gasteiger partial charge is 0.497 e. The predicted octanol–water partition coefficient (Wildman–Crippen LogP) is 3.33. The first-order chi connectivity index (χ1) is 14.6. The minimum atomic E-state index is -0.754. The van der Waals surface area contributed by atoms with E-state index < -0.39 is 6.10 Å². The highest BCUT2D eigenvalue weighted by Gasteiger charge is 2.31. The lowest BCUT2D eigenvalue weighted by Crippen LogP contribution is -2.29. The van der Waals surface area contributed by atoms with E-state index in [0.29, 0.717) is 29.4 Å². The Morgan fingerprint density at radius 2 is 1.93 bits per heavy atom. The van der Waals surface area contributed by atoms with E-state index in [9.17, 15) is 4.79 Å². The Hall–Kier alpha value is -3.81. The molecule has 8 heteroatoms. The standard InChI is InChI=1S/C22H22N4O4/c1-14-11-21(26(24-14)15-7-5-4-6-8-15)23-22(27)20-13-18(25-30-20)17-12-16(28-2)9-10-19(17)29-3/h4-12,20H,13H2,1-3H3,(H,23,27)/t20-/m0/s1. The number of oxime groups is 1. The van der Waals surface area contributed by atoms with Gasteiger partial charge in [-0.1, -0.05) is 23.4 Å². The van der Waals surface area contributed by atoms with E-state index >= 15 is 0 Å². The van der Waals surface area contributed by atoms with Crippen LogP contribution in [0, 0.1) is 6.92 Å². The van der Waals surface area contributed by atoms with Crippen molar-refractivity contribution in [2.45, 2.75) is 19.4 Å². The molecule has 154 valence electrons. The minimum absolute atomic E-state index is 0.298. The van der Waals surface area contributed by atoms with Gasteiger partial charge in [-0.2, -0.15) is 5.10 Å². The predicted molar refractivity (Wildman–Crippen MR) is 113 cm³/mol. The quantitative estimate of drug-likeness (QED) is 0.679. The molecule has 0 fully saturated rings. The van der Waals surface area contributed by atoms with Gasteiger partial charge in [0.2, 0.25) is 6.10 Å². The number of carbonyl (C=O) groups is 1. The number of aryl methyl sites for hydroxylation is 1. The van der Waals surface area contributed by atoms with Gasteiger partial charge in [-0.25, -0.2) is 4.68 Å². The molecule has 1 amide bonds. The third-order valence-corrected chi connectivity index (χ3v) is 4.76. The second kappa shape index (κ2) is 8.28. The maximum absolute atomic E-state index is 12.9. The Labute approximate surface area is 174 Å². The highest BCUT2D eigenvalue weighted by Crippen LogP contribution is 2.29. The van der Waals surface area contributed by atoms with Crippen molar-refractivity contribution in [3.8, 4) is 17.2 Å². The summed E-state index contributed by atoms with van der Waals surface area (Å²) in [5.74, 6) is 1.58. The van der Waals surface area contributed by atoms with Crippen LogP contribution in [0.1, 0.15) is 17.7 Å². The Morgan fingerprint density at radius 1 is 1.13 bits per heavy atom. The van der Waals surface area contributed by atoms with Crippen molar-refractivity contribution in [2.75, 3.05) is 19.5 Å². The van der Waals surface area contributed by atoms with Crippen LogP contribution in [0.3, 0.4) is 0 Å². The van der Waals surface area contributed by atoms with Crippen molar-refractivity contribution < 1.29 is 19.1 Å². The van der Waals surface area contributed by atoms with Gasteiger partial charge in [-0.15, -0.1) is 0 Å². The third kappa shape index (κ3) is 3.84. The van der Waals surface area contributed by atoms with Gasteiger partial charge in [0.15, 0.2) is 0 Å². The zero-order valence-electron chi connectivity index (χ0n) is 17.0. The van der Waals surface area contributed by atoms with Crippen molar-refractivity contribution in [3.05, 3.63) is 65.9 Å². The molecule has 2 heterocycles. The minimum Gasteiger partial charge on any atom is -0.497 e. The maximum Gasteiger partial charge on any atom is 0.269 e. The van der Waals surface area contributed by atoms with Crippen LogP contribution in [0.2, 0.25) is 0 Å². The molecule has 0 saturated heterocycles. The number of rotatable bonds is 6. The molecular weight excluding hydrogens is 384 g/mol. The number of benzene rings is 2. The summed E-state index contributed by atoms with van der Waals surface area (Å²) in [6.45, 7) is 1.87. The number of anilines is 1. The van der Waals surface area contributed by atoms with Gasteiger partial charge in [0.05, 0.1) is 31.3 Å². The number of amides is 1. The molecule has 0 bridgehead atoms. The number of nitrogens with zero attached hydrogens (tertiary/aromatic N) is 3. The number of ether oxygens (including phenoxy) is 2. The summed E-state index contributed by atoms with van der Waals surface area (Å²) in [7, 11) is 3.17. The topological polar surface area (TPSA) is 87.0 Å². The van der Waals surface area contributed by atoms with Crippen LogP contribution in [0.4, 0.5) is 5.82 Å². The Morgan fingerprint density at radius 3 is 2.67 bits per heavy atom. The van der Waals surface area contributed by atoms with Gasteiger partial charge < -0.3 is 19.6 Å². The molecule has 1 aliphatic heterocycles. The van der Waals surface area contributed by atoms with Crippen LogP contribution in [0.15, 0.2) is 59.8 Å². The average molecular weight is 406 g/mol. The highest BCUT2D eigenvalue weighted by atomic mass is 16.6. The highest BCUT2D eigenvalue weighted by molar-refractivity contribution is 6.07. The molecule has 30 heavy (non-hydrogen) atoms. The molecule has 0 unspecified atom stereocenters. The molecular formula is C22H22N4O4. The fraction of sp³-hybridized carbons (Fsp3) is 0.227. The average Bonchev–Trinajstić information content (AvgIpc) is 3.41. The number of methoxy groups -OCH3 is 2. The Bertz CT molecular complexity index is 1090. The molecule has 1 atom stereocenters. The monoisotopic (exact) mass is 406 g/mol. The smallest absolute Gasteiger partial charge is 0.269 e. The van der Waals surface area contributed by atoms with Crippen molar-refractivity contribution in [1.82, 2.24) is 9.78 Å². The van der Waals surface area contributed by atoms with Crippen LogP contribution in [0.5, 0.6) is 11.5 Å². The fourth-order valence-electron chi connectivity index (χ4n) is 3.28. The molecule has 1 N–H and O–H groups in total. The van der Waals surface area contributed by atoms with Crippen molar-refractivity contribution >= 4 is 17.4 Å². The molecule has 3 aromatic rings. The molecule has 1 aliphatic rings. The van der Waals surface area contributed by atoms with Crippen LogP contribution >= 0.6 is 0 Å². The molecule has 4 rings (SSSR count). The molecule has 8 nitrogen and oxygen atoms in total. The van der Waals surface area contributed by atoms with Gasteiger partial charge in [0.25, 0.3) is 5.91 Å². The maximum atomic E-state index is 12.9. The first-order valence-corrected chi connectivity index (χ1v) is 9.47. The summed E-state index contributed by atoms with van der Waals surface area (Å²) in [6.07, 6.45) is -0.441. The summed E-state index contributed by atoms with van der Waals surface area (Å²) >= 11 is 0. The van der Waals surface area contributed by atoms with E-state index in [1.165, 1.54) is 0 Å². The third-order valence-electron chi connectivity index (χ3n) is 4.76. The molecule has 1 aromatic heterocycles. The van der Waals surface area contributed by atoms with Gasteiger partial charge in [0.1, 0.15) is 17.3 Å². The number of carbonyl (C=O) groups excluding carboxylic acids is 1. The molecule has 0 saturated carbocycles. The van der Waals surface area contributed by atoms with E-state index in [4.69, 9.17) is 14.3 Å².